The van der Waals surface area contributed by atoms with E-state index in [1.807, 2.05) is 0 Å². The molecule has 0 fully saturated rings. The van der Waals surface area contributed by atoms with Gasteiger partial charge in [0, 0.05) is 19.1 Å². The van der Waals surface area contributed by atoms with Crippen LogP contribution in [-0.4, -0.2) is 25.7 Å². The van der Waals surface area contributed by atoms with Crippen molar-refractivity contribution in [2.24, 2.45) is 0 Å². The Labute approximate surface area is 278 Å². The van der Waals surface area contributed by atoms with Crippen molar-refractivity contribution >= 4 is 0 Å². The van der Waals surface area contributed by atoms with E-state index in [-0.39, 0.29) is 0 Å². The van der Waals surface area contributed by atoms with E-state index in [9.17, 15) is 0 Å². The molecule has 0 aromatic heterocycles. The monoisotopic (exact) mass is 613 g/mol. The van der Waals surface area contributed by atoms with Crippen LogP contribution in [0.4, 0.5) is 0 Å². The number of rotatable bonds is 36. The van der Waals surface area contributed by atoms with Gasteiger partial charge in [-0.15, -0.1) is 0 Å². The fraction of sp³-hybridized carbons (Fsp3) is 0.810. The van der Waals surface area contributed by atoms with Crippen LogP contribution in [0.1, 0.15) is 194 Å². The Hall–Kier alpha value is -1.12. The number of unbranched alkanes of at least 4 members (excludes halogenated alkanes) is 18. The lowest BCUT2D eigenvalue weighted by atomic mass is 9.99. The molecule has 0 aliphatic carbocycles. The van der Waals surface area contributed by atoms with E-state index in [2.05, 4.69) is 80.0 Å². The Morgan fingerprint density at radius 1 is 0.364 bits per heavy atom. The molecule has 0 radical (unpaired) electrons. The summed E-state index contributed by atoms with van der Waals surface area (Å²) in [7, 11) is 0. The van der Waals surface area contributed by atoms with Crippen molar-refractivity contribution < 1.29 is 0 Å². The second kappa shape index (κ2) is 39.9. The molecule has 0 saturated heterocycles. The second-order valence-electron chi connectivity index (χ2n) is 13.1. The average molecular weight is 613 g/mol. The Bertz CT molecular complexity index is 584. The third kappa shape index (κ3) is 37.1. The summed E-state index contributed by atoms with van der Waals surface area (Å²) in [6, 6.07) is 0.718. The summed E-state index contributed by atoms with van der Waals surface area (Å²) in [6.45, 7) is 10.2. The van der Waals surface area contributed by atoms with Gasteiger partial charge in [-0.25, -0.2) is 0 Å². The van der Waals surface area contributed by atoms with E-state index in [0.717, 1.165) is 38.5 Å². The largest absolute Gasteiger partial charge is 0.315 e. The highest BCUT2D eigenvalue weighted by Gasteiger charge is 2.07. The van der Waals surface area contributed by atoms with Crippen LogP contribution in [0.2, 0.25) is 0 Å². The van der Waals surface area contributed by atoms with Gasteiger partial charge in [0.15, 0.2) is 0 Å². The van der Waals surface area contributed by atoms with Gasteiger partial charge >= 0.3 is 0 Å². The minimum Gasteiger partial charge on any atom is -0.315 e. The molecule has 0 unspecified atom stereocenters. The molecule has 0 aromatic rings. The van der Waals surface area contributed by atoms with Crippen molar-refractivity contribution in [3.8, 4) is 0 Å². The van der Waals surface area contributed by atoms with Crippen LogP contribution < -0.4 is 10.6 Å². The highest BCUT2D eigenvalue weighted by atomic mass is 15.0. The molecule has 2 nitrogen and oxygen atoms in total. The van der Waals surface area contributed by atoms with E-state index in [1.54, 1.807) is 0 Å². The van der Waals surface area contributed by atoms with E-state index in [0.29, 0.717) is 0 Å². The second-order valence-corrected chi connectivity index (χ2v) is 13.1. The Morgan fingerprint density at radius 2 is 0.750 bits per heavy atom. The topological polar surface area (TPSA) is 24.1 Å². The molecule has 0 aliphatic rings. The minimum absolute atomic E-state index is 0.718. The van der Waals surface area contributed by atoms with E-state index in [1.165, 1.54) is 161 Å². The summed E-state index contributed by atoms with van der Waals surface area (Å²) in [4.78, 5) is 0. The summed E-state index contributed by atoms with van der Waals surface area (Å²) < 4.78 is 0. The smallest absolute Gasteiger partial charge is 0.00793 e. The fourth-order valence-electron chi connectivity index (χ4n) is 5.77. The average Bonchev–Trinajstić information content (AvgIpc) is 3.03. The third-order valence-corrected chi connectivity index (χ3v) is 8.67. The van der Waals surface area contributed by atoms with Gasteiger partial charge in [-0.3, -0.25) is 0 Å². The lowest BCUT2D eigenvalue weighted by Gasteiger charge is -2.19. The van der Waals surface area contributed by atoms with E-state index < -0.39 is 0 Å². The van der Waals surface area contributed by atoms with Crippen LogP contribution >= 0.6 is 0 Å². The summed E-state index contributed by atoms with van der Waals surface area (Å²) in [5.74, 6) is 0. The Morgan fingerprint density at radius 3 is 1.16 bits per heavy atom. The van der Waals surface area contributed by atoms with E-state index in [4.69, 9.17) is 0 Å². The highest BCUT2D eigenvalue weighted by Crippen LogP contribution is 2.15. The van der Waals surface area contributed by atoms with Gasteiger partial charge < -0.3 is 10.6 Å². The van der Waals surface area contributed by atoms with Gasteiger partial charge in [0.2, 0.25) is 0 Å². The van der Waals surface area contributed by atoms with Crippen LogP contribution in [0, 0.1) is 0 Å². The molecule has 0 atom stereocenters. The minimum atomic E-state index is 0.718. The zero-order valence-electron chi connectivity index (χ0n) is 30.4. The van der Waals surface area contributed by atoms with Crippen LogP contribution in [0.15, 0.2) is 48.6 Å². The molecule has 0 spiro atoms. The Balaban J connectivity index is 3.82. The van der Waals surface area contributed by atoms with Crippen molar-refractivity contribution in [2.75, 3.05) is 19.6 Å². The number of hydrogen-bond donors (Lipinski definition) is 2. The number of hydrogen-bond acceptors (Lipinski definition) is 2. The van der Waals surface area contributed by atoms with Crippen molar-refractivity contribution in [2.45, 2.75) is 200 Å². The first-order valence-electron chi connectivity index (χ1n) is 19.9. The molecule has 0 saturated carbocycles. The van der Waals surface area contributed by atoms with Gasteiger partial charge in [-0.1, -0.05) is 159 Å². The van der Waals surface area contributed by atoms with E-state index >= 15 is 0 Å². The maximum Gasteiger partial charge on any atom is 0.00793 e. The molecule has 0 amide bonds. The molecule has 0 heterocycles. The van der Waals surface area contributed by atoms with Gasteiger partial charge in [-0.2, -0.15) is 0 Å². The normalized spacial score (nSPS) is 12.5. The fourth-order valence-corrected chi connectivity index (χ4v) is 5.77. The summed E-state index contributed by atoms with van der Waals surface area (Å²) in [5.41, 5.74) is 0. The Kier molecular flexibility index (Phi) is 38.9. The highest BCUT2D eigenvalue weighted by molar-refractivity contribution is 4.93. The zero-order valence-corrected chi connectivity index (χ0v) is 30.4. The lowest BCUT2D eigenvalue weighted by Crippen LogP contribution is -2.35. The summed E-state index contributed by atoms with van der Waals surface area (Å²) in [6.07, 6.45) is 55.0. The predicted octanol–water partition coefficient (Wildman–Crippen LogP) is 13.4. The molecule has 0 bridgehead atoms. The molecular formula is C42H80N2. The molecule has 0 aromatic carbocycles. The van der Waals surface area contributed by atoms with Crippen molar-refractivity contribution in [1.82, 2.24) is 10.6 Å². The summed E-state index contributed by atoms with van der Waals surface area (Å²) >= 11 is 0. The van der Waals surface area contributed by atoms with Crippen LogP contribution in [0.25, 0.3) is 0 Å². The quantitative estimate of drug-likeness (QED) is 0.0543. The SMILES string of the molecule is CCCCC/C=C/C/C=C/CCCCCCCCC(CCCCCCCC/C=C/C/C=C/CCCCC)NCCNCCC. The zero-order chi connectivity index (χ0) is 31.9. The van der Waals surface area contributed by atoms with Crippen molar-refractivity contribution in [3.63, 3.8) is 0 Å². The maximum absolute atomic E-state index is 3.90. The van der Waals surface area contributed by atoms with Gasteiger partial charge in [0.05, 0.1) is 0 Å². The van der Waals surface area contributed by atoms with Gasteiger partial charge in [-0.05, 0) is 90.0 Å². The maximum atomic E-state index is 3.90. The van der Waals surface area contributed by atoms with Gasteiger partial charge in [0.1, 0.15) is 0 Å². The van der Waals surface area contributed by atoms with Crippen molar-refractivity contribution in [1.29, 1.82) is 0 Å². The molecule has 2 N–H and O–H groups in total. The first-order valence-corrected chi connectivity index (χ1v) is 19.9. The van der Waals surface area contributed by atoms with Crippen molar-refractivity contribution in [3.05, 3.63) is 48.6 Å². The molecule has 2 heteroatoms. The standard InChI is InChI=1S/C42H80N2/c1-4-7-9-11-13-15-17-19-21-23-25-27-29-31-33-35-37-42(44-41-40-43-39-6-3)38-36-34-32-30-28-26-24-22-20-18-16-14-12-10-8-5-2/h13-16,19-22,42-44H,4-12,17-18,23-41H2,1-3H3/b15-13+,16-14+,21-19+,22-20+. The summed E-state index contributed by atoms with van der Waals surface area (Å²) in [5, 5.41) is 7.46. The lowest BCUT2D eigenvalue weighted by molar-refractivity contribution is 0.409. The molecule has 0 rings (SSSR count). The molecule has 0 aliphatic heterocycles. The predicted molar refractivity (Wildman–Crippen MR) is 203 cm³/mol. The third-order valence-electron chi connectivity index (χ3n) is 8.67. The number of allylic oxidation sites excluding steroid dienone is 8. The first-order chi connectivity index (χ1) is 21.8. The first kappa shape index (κ1) is 42.9. The van der Waals surface area contributed by atoms with Gasteiger partial charge in [0.25, 0.3) is 0 Å². The molecular weight excluding hydrogens is 532 g/mol. The van der Waals surface area contributed by atoms with Crippen LogP contribution in [0.5, 0.6) is 0 Å². The van der Waals surface area contributed by atoms with Crippen LogP contribution in [-0.2, 0) is 0 Å². The number of nitrogens with one attached hydrogen (secondary N) is 2. The molecule has 258 valence electrons. The molecule has 44 heavy (non-hydrogen) atoms. The van der Waals surface area contributed by atoms with Crippen LogP contribution in [0.3, 0.4) is 0 Å².